The van der Waals surface area contributed by atoms with Crippen LogP contribution in [0, 0.1) is 0 Å². The number of carbonyl (C=O) groups excluding carboxylic acids is 1. The Morgan fingerprint density at radius 2 is 1.89 bits per heavy atom. The minimum atomic E-state index is -0.351. The van der Waals surface area contributed by atoms with Gasteiger partial charge in [-0.1, -0.05) is 30.3 Å². The van der Waals surface area contributed by atoms with Gasteiger partial charge < -0.3 is 4.74 Å². The van der Waals surface area contributed by atoms with Gasteiger partial charge in [-0.05, 0) is 51.0 Å². The number of aromatic nitrogens is 2. The van der Waals surface area contributed by atoms with E-state index in [4.69, 9.17) is 4.74 Å². The number of esters is 1. The maximum atomic E-state index is 12.2. The molecule has 0 aliphatic carbocycles. The van der Waals surface area contributed by atoms with Crippen LogP contribution in [-0.4, -0.2) is 21.1 Å². The molecule has 0 fully saturated rings. The van der Waals surface area contributed by atoms with Gasteiger partial charge in [0.25, 0.3) is 5.56 Å². The molecule has 0 saturated heterocycles. The molecule has 4 aromatic rings. The van der Waals surface area contributed by atoms with E-state index < -0.39 is 0 Å². The van der Waals surface area contributed by atoms with Crippen molar-refractivity contribution in [3.8, 4) is 0 Å². The van der Waals surface area contributed by atoms with E-state index in [1.807, 2.05) is 30.3 Å². The molecule has 2 heterocycles. The molecule has 4 rings (SSSR count). The highest BCUT2D eigenvalue weighted by Crippen LogP contribution is 2.23. The van der Waals surface area contributed by atoms with Gasteiger partial charge in [0.15, 0.2) is 0 Å². The van der Waals surface area contributed by atoms with Gasteiger partial charge in [-0.2, -0.15) is 0 Å². The fraction of sp³-hybridized carbons (Fsp3) is 0.0952. The van der Waals surface area contributed by atoms with Crippen molar-refractivity contribution in [3.63, 3.8) is 0 Å². The van der Waals surface area contributed by atoms with E-state index in [0.29, 0.717) is 11.3 Å². The molecule has 0 spiro atoms. The molecule has 7 heteroatoms. The third kappa shape index (κ3) is 4.26. The van der Waals surface area contributed by atoms with Crippen molar-refractivity contribution in [1.29, 1.82) is 0 Å². The smallest absolute Gasteiger partial charge is 0.316 e. The van der Waals surface area contributed by atoms with Crippen LogP contribution < -0.4 is 5.56 Å². The predicted octanol–water partition coefficient (Wildman–Crippen LogP) is 4.45. The van der Waals surface area contributed by atoms with Crippen molar-refractivity contribution < 1.29 is 9.53 Å². The van der Waals surface area contributed by atoms with Gasteiger partial charge in [0.05, 0.1) is 11.4 Å². The first-order valence-corrected chi connectivity index (χ1v) is 10.3. The number of thioether (sulfide) groups is 1. The number of fused-ring (bicyclic) bond motifs is 2. The van der Waals surface area contributed by atoms with Crippen LogP contribution in [0.5, 0.6) is 0 Å². The second kappa shape index (κ2) is 8.16. The highest BCUT2D eigenvalue weighted by atomic mass is 79.9. The summed E-state index contributed by atoms with van der Waals surface area (Å²) in [5.41, 5.74) is 0.714. The minimum absolute atomic E-state index is 0.0289. The largest absolute Gasteiger partial charge is 0.459 e. The Morgan fingerprint density at radius 3 is 2.75 bits per heavy atom. The summed E-state index contributed by atoms with van der Waals surface area (Å²) in [4.78, 5) is 29.6. The Hall–Kier alpha value is -2.64. The molecule has 0 atom stereocenters. The zero-order valence-corrected chi connectivity index (χ0v) is 17.1. The number of ether oxygens (including phenoxy) is 1. The van der Waals surface area contributed by atoms with Crippen molar-refractivity contribution in [3.05, 3.63) is 87.4 Å². The SMILES string of the molecule is O=C(CSc1ccc2ccccc2c1)OCc1cc(=O)n2cc(Br)ccc2n1. The van der Waals surface area contributed by atoms with Gasteiger partial charge >= 0.3 is 5.97 Å². The first-order valence-electron chi connectivity index (χ1n) is 8.53. The summed E-state index contributed by atoms with van der Waals surface area (Å²) in [5.74, 6) is -0.159. The molecule has 5 nitrogen and oxygen atoms in total. The molecule has 0 saturated carbocycles. The lowest BCUT2D eigenvalue weighted by atomic mass is 10.1. The summed E-state index contributed by atoms with van der Waals surface area (Å²) >= 11 is 4.75. The van der Waals surface area contributed by atoms with Gasteiger partial charge in [-0.25, -0.2) is 4.98 Å². The second-order valence-electron chi connectivity index (χ2n) is 6.12. The predicted molar refractivity (Wildman–Crippen MR) is 114 cm³/mol. The fourth-order valence-corrected chi connectivity index (χ4v) is 3.87. The van der Waals surface area contributed by atoms with Gasteiger partial charge in [0, 0.05) is 21.6 Å². The van der Waals surface area contributed by atoms with Crippen molar-refractivity contribution in [2.45, 2.75) is 11.5 Å². The number of nitrogens with zero attached hydrogens (tertiary/aromatic N) is 2. The van der Waals surface area contributed by atoms with Crippen LogP contribution in [0.4, 0.5) is 0 Å². The number of halogens is 1. The summed E-state index contributed by atoms with van der Waals surface area (Å²) in [6.45, 7) is -0.0289. The average Bonchev–Trinajstić information content (AvgIpc) is 2.71. The maximum absolute atomic E-state index is 12.2. The average molecular weight is 455 g/mol. The maximum Gasteiger partial charge on any atom is 0.316 e. The van der Waals surface area contributed by atoms with Gasteiger partial charge in [0.1, 0.15) is 12.3 Å². The summed E-state index contributed by atoms with van der Waals surface area (Å²) < 4.78 is 7.51. The number of hydrogen-bond acceptors (Lipinski definition) is 5. The molecule has 0 aliphatic rings. The molecular formula is C21H15BrN2O3S. The van der Waals surface area contributed by atoms with E-state index in [0.717, 1.165) is 20.1 Å². The van der Waals surface area contributed by atoms with Crippen LogP contribution in [0.25, 0.3) is 16.4 Å². The monoisotopic (exact) mass is 454 g/mol. The standard InChI is InChI=1S/C21H15BrN2O3S/c22-16-6-8-19-23-17(10-20(25)24(19)11-16)12-27-21(26)13-28-18-7-5-14-3-1-2-4-15(14)9-18/h1-11H,12-13H2. The second-order valence-corrected chi connectivity index (χ2v) is 8.08. The van der Waals surface area contributed by atoms with Crippen molar-refractivity contribution in [2.75, 3.05) is 5.75 Å². The van der Waals surface area contributed by atoms with Gasteiger partial charge in [-0.15, -0.1) is 11.8 Å². The lowest BCUT2D eigenvalue weighted by Gasteiger charge is -2.07. The minimum Gasteiger partial charge on any atom is -0.459 e. The summed E-state index contributed by atoms with van der Waals surface area (Å²) in [7, 11) is 0. The highest BCUT2D eigenvalue weighted by molar-refractivity contribution is 9.10. The molecule has 28 heavy (non-hydrogen) atoms. The molecule has 2 aromatic heterocycles. The molecule has 140 valence electrons. The van der Waals surface area contributed by atoms with E-state index >= 15 is 0 Å². The van der Waals surface area contributed by atoms with E-state index in [-0.39, 0.29) is 23.9 Å². The molecule has 0 aliphatic heterocycles. The Balaban J connectivity index is 1.38. The lowest BCUT2D eigenvalue weighted by Crippen LogP contribution is -2.17. The summed E-state index contributed by atoms with van der Waals surface area (Å²) in [5, 5.41) is 2.29. The number of rotatable bonds is 5. The molecule has 0 amide bonds. The summed E-state index contributed by atoms with van der Waals surface area (Å²) in [6, 6.07) is 19.1. The first kappa shape index (κ1) is 18.7. The lowest BCUT2D eigenvalue weighted by molar-refractivity contribution is -0.141. The number of carbonyl (C=O) groups is 1. The Labute approximate surface area is 173 Å². The molecule has 0 radical (unpaired) electrons. The molecule has 0 unspecified atom stereocenters. The van der Waals surface area contributed by atoms with Crippen LogP contribution in [0.15, 0.2) is 81.0 Å². The van der Waals surface area contributed by atoms with E-state index in [9.17, 15) is 9.59 Å². The van der Waals surface area contributed by atoms with Crippen LogP contribution in [-0.2, 0) is 16.1 Å². The van der Waals surface area contributed by atoms with Crippen molar-refractivity contribution >= 4 is 50.1 Å². The number of hydrogen-bond donors (Lipinski definition) is 0. The molecule has 0 N–H and O–H groups in total. The fourth-order valence-electron chi connectivity index (χ4n) is 2.80. The molecule has 2 aromatic carbocycles. The Bertz CT molecular complexity index is 1240. The molecule has 0 bridgehead atoms. The van der Waals surface area contributed by atoms with Crippen LogP contribution in [0.1, 0.15) is 5.69 Å². The van der Waals surface area contributed by atoms with E-state index in [1.54, 1.807) is 18.3 Å². The normalized spacial score (nSPS) is 11.0. The summed E-state index contributed by atoms with van der Waals surface area (Å²) in [6.07, 6.45) is 1.65. The Morgan fingerprint density at radius 1 is 1.07 bits per heavy atom. The van der Waals surface area contributed by atoms with Crippen molar-refractivity contribution in [2.24, 2.45) is 0 Å². The van der Waals surface area contributed by atoms with Crippen molar-refractivity contribution in [1.82, 2.24) is 9.38 Å². The third-order valence-electron chi connectivity index (χ3n) is 4.14. The van der Waals surface area contributed by atoms with Crippen LogP contribution in [0.3, 0.4) is 0 Å². The zero-order chi connectivity index (χ0) is 19.5. The number of pyridine rings is 1. The molecular weight excluding hydrogens is 440 g/mol. The first-order chi connectivity index (χ1) is 13.6. The highest BCUT2D eigenvalue weighted by Gasteiger charge is 2.08. The van der Waals surface area contributed by atoms with E-state index in [1.165, 1.54) is 22.2 Å². The van der Waals surface area contributed by atoms with Gasteiger partial charge in [-0.3, -0.25) is 14.0 Å². The topological polar surface area (TPSA) is 60.7 Å². The van der Waals surface area contributed by atoms with Crippen LogP contribution in [0.2, 0.25) is 0 Å². The Kier molecular flexibility index (Phi) is 5.45. The number of benzene rings is 2. The third-order valence-corrected chi connectivity index (χ3v) is 5.57. The van der Waals surface area contributed by atoms with E-state index in [2.05, 4.69) is 33.0 Å². The van der Waals surface area contributed by atoms with Gasteiger partial charge in [0.2, 0.25) is 0 Å². The quantitative estimate of drug-likeness (QED) is 0.329. The zero-order valence-electron chi connectivity index (χ0n) is 14.7. The van der Waals surface area contributed by atoms with Crippen LogP contribution >= 0.6 is 27.7 Å².